The molecule has 1 heterocycles. The maximum Gasteiger partial charge on any atom is 0.329 e. The molecule has 7 nitrogen and oxygen atoms in total. The molecule has 0 aliphatic heterocycles. The van der Waals surface area contributed by atoms with Crippen LogP contribution in [0, 0.1) is 0 Å². The van der Waals surface area contributed by atoms with Crippen molar-refractivity contribution < 1.29 is 9.53 Å². The standard InChI is InChI=1S/C19H19N3O4/c1-3-16(17(23)20-12-7-6-8-13(11-12)26-2)22-18(24)14-9-4-5-10-15(14)21-19(22)25/h4-11,16H,3H2,1-2H3,(H,20,23)(H,21,25). The Bertz CT molecular complexity index is 1070. The van der Waals surface area contributed by atoms with E-state index in [2.05, 4.69) is 10.3 Å². The van der Waals surface area contributed by atoms with Crippen LogP contribution in [0.1, 0.15) is 19.4 Å². The van der Waals surface area contributed by atoms with Crippen LogP contribution in [0.2, 0.25) is 0 Å². The smallest absolute Gasteiger partial charge is 0.329 e. The van der Waals surface area contributed by atoms with Crippen molar-refractivity contribution in [3.8, 4) is 5.75 Å². The highest BCUT2D eigenvalue weighted by molar-refractivity contribution is 5.94. The second-order valence-corrected chi connectivity index (χ2v) is 5.80. The number of carbonyl (C=O) groups excluding carboxylic acids is 1. The molecule has 7 heteroatoms. The molecule has 134 valence electrons. The van der Waals surface area contributed by atoms with Crippen LogP contribution in [0.25, 0.3) is 10.9 Å². The van der Waals surface area contributed by atoms with Crippen molar-refractivity contribution in [3.63, 3.8) is 0 Å². The molecule has 1 amide bonds. The molecule has 26 heavy (non-hydrogen) atoms. The number of para-hydroxylation sites is 1. The summed E-state index contributed by atoms with van der Waals surface area (Å²) >= 11 is 0. The maximum atomic E-state index is 12.7. The van der Waals surface area contributed by atoms with Crippen molar-refractivity contribution in [2.45, 2.75) is 19.4 Å². The summed E-state index contributed by atoms with van der Waals surface area (Å²) in [4.78, 5) is 40.5. The molecule has 0 bridgehead atoms. The number of H-pyrrole nitrogens is 1. The molecule has 1 atom stereocenters. The van der Waals surface area contributed by atoms with Crippen LogP contribution in [0.4, 0.5) is 5.69 Å². The Hall–Kier alpha value is -3.35. The number of aromatic nitrogens is 2. The second-order valence-electron chi connectivity index (χ2n) is 5.80. The highest BCUT2D eigenvalue weighted by atomic mass is 16.5. The molecule has 0 saturated carbocycles. The lowest BCUT2D eigenvalue weighted by atomic mass is 10.1. The van der Waals surface area contributed by atoms with Crippen molar-refractivity contribution >= 4 is 22.5 Å². The van der Waals surface area contributed by atoms with Crippen LogP contribution >= 0.6 is 0 Å². The Balaban J connectivity index is 2.00. The SMILES string of the molecule is CCC(C(=O)Nc1cccc(OC)c1)n1c(=O)[nH]c2ccccc2c1=O. The van der Waals surface area contributed by atoms with Gasteiger partial charge in [-0.2, -0.15) is 0 Å². The Morgan fingerprint density at radius 3 is 2.69 bits per heavy atom. The number of carbonyl (C=O) groups is 1. The van der Waals surface area contributed by atoms with Crippen LogP contribution < -0.4 is 21.3 Å². The summed E-state index contributed by atoms with van der Waals surface area (Å²) in [6.45, 7) is 1.75. The van der Waals surface area contributed by atoms with Gasteiger partial charge in [0.2, 0.25) is 5.91 Å². The van der Waals surface area contributed by atoms with E-state index in [0.717, 1.165) is 4.57 Å². The van der Waals surface area contributed by atoms with E-state index in [9.17, 15) is 14.4 Å². The number of amides is 1. The third-order valence-corrected chi connectivity index (χ3v) is 4.17. The van der Waals surface area contributed by atoms with Crippen LogP contribution in [-0.2, 0) is 4.79 Å². The lowest BCUT2D eigenvalue weighted by Gasteiger charge is -2.17. The normalized spacial score (nSPS) is 11.9. The van der Waals surface area contributed by atoms with Gasteiger partial charge < -0.3 is 15.0 Å². The van der Waals surface area contributed by atoms with Gasteiger partial charge in [-0.3, -0.25) is 9.59 Å². The van der Waals surface area contributed by atoms with Gasteiger partial charge in [-0.15, -0.1) is 0 Å². The van der Waals surface area contributed by atoms with Gasteiger partial charge in [-0.1, -0.05) is 25.1 Å². The molecule has 1 aromatic heterocycles. The van der Waals surface area contributed by atoms with E-state index in [0.29, 0.717) is 22.3 Å². The molecule has 0 saturated heterocycles. The number of nitrogens with one attached hydrogen (secondary N) is 2. The minimum Gasteiger partial charge on any atom is -0.497 e. The molecular formula is C19H19N3O4. The van der Waals surface area contributed by atoms with Gasteiger partial charge in [-0.25, -0.2) is 9.36 Å². The quantitative estimate of drug-likeness (QED) is 0.736. The largest absolute Gasteiger partial charge is 0.497 e. The number of benzene rings is 2. The van der Waals surface area contributed by atoms with Gasteiger partial charge >= 0.3 is 5.69 Å². The van der Waals surface area contributed by atoms with E-state index in [1.54, 1.807) is 55.5 Å². The van der Waals surface area contributed by atoms with Gasteiger partial charge in [0.15, 0.2) is 0 Å². The Morgan fingerprint density at radius 1 is 1.19 bits per heavy atom. The molecule has 0 radical (unpaired) electrons. The summed E-state index contributed by atoms with van der Waals surface area (Å²) in [5, 5.41) is 3.10. The first-order chi connectivity index (χ1) is 12.5. The van der Waals surface area contributed by atoms with E-state index in [1.807, 2.05) is 0 Å². The first-order valence-electron chi connectivity index (χ1n) is 8.23. The number of methoxy groups -OCH3 is 1. The van der Waals surface area contributed by atoms with Crippen molar-refractivity contribution in [1.82, 2.24) is 9.55 Å². The topological polar surface area (TPSA) is 93.2 Å². The zero-order valence-corrected chi connectivity index (χ0v) is 14.5. The van der Waals surface area contributed by atoms with Gasteiger partial charge in [0.25, 0.3) is 5.56 Å². The fourth-order valence-corrected chi connectivity index (χ4v) is 2.87. The fourth-order valence-electron chi connectivity index (χ4n) is 2.87. The molecule has 0 aliphatic carbocycles. The van der Waals surface area contributed by atoms with E-state index in [-0.39, 0.29) is 6.42 Å². The van der Waals surface area contributed by atoms with Crippen molar-refractivity contribution in [1.29, 1.82) is 0 Å². The molecule has 3 aromatic rings. The molecule has 0 spiro atoms. The van der Waals surface area contributed by atoms with Gasteiger partial charge in [0.1, 0.15) is 11.8 Å². The zero-order valence-electron chi connectivity index (χ0n) is 14.5. The second kappa shape index (κ2) is 7.26. The predicted octanol–water partition coefficient (Wildman–Crippen LogP) is 2.29. The van der Waals surface area contributed by atoms with Gasteiger partial charge in [0.05, 0.1) is 18.0 Å². The average Bonchev–Trinajstić information content (AvgIpc) is 2.65. The van der Waals surface area contributed by atoms with Crippen molar-refractivity contribution in [2.75, 3.05) is 12.4 Å². The monoisotopic (exact) mass is 353 g/mol. The molecule has 2 aromatic carbocycles. The van der Waals surface area contributed by atoms with Crippen molar-refractivity contribution in [2.24, 2.45) is 0 Å². The molecule has 3 rings (SSSR count). The van der Waals surface area contributed by atoms with Gasteiger partial charge in [-0.05, 0) is 30.7 Å². The number of hydrogen-bond acceptors (Lipinski definition) is 4. The van der Waals surface area contributed by atoms with Crippen LogP contribution in [-0.4, -0.2) is 22.6 Å². The summed E-state index contributed by atoms with van der Waals surface area (Å²) in [5.74, 6) is 0.153. The Kier molecular flexibility index (Phi) is 4.88. The Labute approximate surface area is 149 Å². The minimum absolute atomic E-state index is 0.289. The van der Waals surface area contributed by atoms with Crippen LogP contribution in [0.15, 0.2) is 58.1 Å². The molecule has 2 N–H and O–H groups in total. The lowest BCUT2D eigenvalue weighted by Crippen LogP contribution is -2.42. The number of aromatic amines is 1. The van der Waals surface area contributed by atoms with Crippen LogP contribution in [0.5, 0.6) is 5.75 Å². The summed E-state index contributed by atoms with van der Waals surface area (Å²) in [6, 6.07) is 12.7. The van der Waals surface area contributed by atoms with Gasteiger partial charge in [0, 0.05) is 11.8 Å². The number of fused-ring (bicyclic) bond motifs is 1. The Morgan fingerprint density at radius 2 is 1.96 bits per heavy atom. The summed E-state index contributed by atoms with van der Waals surface area (Å²) in [6.07, 6.45) is 0.289. The summed E-state index contributed by atoms with van der Waals surface area (Å²) in [7, 11) is 1.53. The number of anilines is 1. The lowest BCUT2D eigenvalue weighted by molar-refractivity contribution is -0.119. The number of hydrogen-bond donors (Lipinski definition) is 2. The fraction of sp³-hybridized carbons (Fsp3) is 0.211. The maximum absolute atomic E-state index is 12.7. The average molecular weight is 353 g/mol. The first kappa shape index (κ1) is 17.5. The minimum atomic E-state index is -0.929. The molecular weight excluding hydrogens is 334 g/mol. The van der Waals surface area contributed by atoms with E-state index < -0.39 is 23.2 Å². The summed E-state index contributed by atoms with van der Waals surface area (Å²) in [5.41, 5.74) is -0.127. The van der Waals surface area contributed by atoms with E-state index >= 15 is 0 Å². The predicted molar refractivity (Wildman–Crippen MR) is 99.8 cm³/mol. The first-order valence-corrected chi connectivity index (χ1v) is 8.23. The number of ether oxygens (including phenoxy) is 1. The van der Waals surface area contributed by atoms with E-state index in [4.69, 9.17) is 4.74 Å². The zero-order chi connectivity index (χ0) is 18.7. The molecule has 0 aliphatic rings. The van der Waals surface area contributed by atoms with Crippen LogP contribution in [0.3, 0.4) is 0 Å². The molecule has 0 fully saturated rings. The van der Waals surface area contributed by atoms with E-state index in [1.165, 1.54) is 7.11 Å². The summed E-state index contributed by atoms with van der Waals surface area (Å²) < 4.78 is 6.10. The third-order valence-electron chi connectivity index (χ3n) is 4.17. The number of nitrogens with zero attached hydrogens (tertiary/aromatic N) is 1. The highest BCUT2D eigenvalue weighted by Gasteiger charge is 2.23. The molecule has 1 unspecified atom stereocenters. The third kappa shape index (κ3) is 3.23. The van der Waals surface area contributed by atoms with Crippen molar-refractivity contribution in [3.05, 3.63) is 69.4 Å². The highest BCUT2D eigenvalue weighted by Crippen LogP contribution is 2.19. The number of rotatable bonds is 5.